The van der Waals surface area contributed by atoms with Crippen LogP contribution in [0.4, 0.5) is 10.5 Å². The number of imide groups is 1. The van der Waals surface area contributed by atoms with Crippen LogP contribution in [-0.2, 0) is 26.2 Å². The summed E-state index contributed by atoms with van der Waals surface area (Å²) in [5.41, 5.74) is 0.503. The zero-order valence-corrected chi connectivity index (χ0v) is 20.5. The van der Waals surface area contributed by atoms with Crippen LogP contribution in [-0.4, -0.2) is 54.6 Å². The first-order valence-electron chi connectivity index (χ1n) is 11.8. The summed E-state index contributed by atoms with van der Waals surface area (Å²) in [4.78, 5) is 38.8. The Hall–Kier alpha value is -3.24. The maximum atomic E-state index is 12.9. The van der Waals surface area contributed by atoms with E-state index in [0.717, 1.165) is 29.7 Å². The third-order valence-electron chi connectivity index (χ3n) is 6.61. The molecule has 186 valence electrons. The van der Waals surface area contributed by atoms with Gasteiger partial charge in [-0.1, -0.05) is 49.6 Å². The third-order valence-corrected chi connectivity index (χ3v) is 8.43. The Balaban J connectivity index is 1.32. The minimum atomic E-state index is -3.70. The number of hydrogen-bond donors (Lipinski definition) is 2. The molecule has 1 saturated carbocycles. The number of sulfonamides is 1. The van der Waals surface area contributed by atoms with Crippen LogP contribution in [0.3, 0.4) is 0 Å². The first-order valence-corrected chi connectivity index (χ1v) is 13.2. The molecular formula is C25H30N4O5S. The van der Waals surface area contributed by atoms with Gasteiger partial charge in [0.1, 0.15) is 5.54 Å². The molecule has 2 aromatic carbocycles. The Kier molecular flexibility index (Phi) is 7.23. The highest BCUT2D eigenvalue weighted by atomic mass is 32.2. The zero-order chi connectivity index (χ0) is 25.1. The highest BCUT2D eigenvalue weighted by Gasteiger charge is 2.51. The number of urea groups is 1. The fraction of sp³-hybridized carbons (Fsp3) is 0.400. The summed E-state index contributed by atoms with van der Waals surface area (Å²) in [6, 6.07) is 14.8. The fourth-order valence-corrected chi connectivity index (χ4v) is 5.78. The van der Waals surface area contributed by atoms with Gasteiger partial charge in [-0.15, -0.1) is 0 Å². The van der Waals surface area contributed by atoms with E-state index in [0.29, 0.717) is 18.5 Å². The highest BCUT2D eigenvalue weighted by molar-refractivity contribution is 7.89. The normalized spacial score (nSPS) is 17.6. The van der Waals surface area contributed by atoms with Gasteiger partial charge in [-0.3, -0.25) is 14.5 Å². The minimum absolute atomic E-state index is 0.00497. The van der Waals surface area contributed by atoms with E-state index in [9.17, 15) is 22.8 Å². The summed E-state index contributed by atoms with van der Waals surface area (Å²) < 4.78 is 27.0. The largest absolute Gasteiger partial charge is 0.326 e. The lowest BCUT2D eigenvalue weighted by Crippen LogP contribution is -2.48. The predicted molar refractivity (Wildman–Crippen MR) is 131 cm³/mol. The summed E-state index contributed by atoms with van der Waals surface area (Å²) in [5, 5.41) is 5.53. The number of rotatable bonds is 8. The Morgan fingerprint density at radius 1 is 1.03 bits per heavy atom. The highest BCUT2D eigenvalue weighted by Crippen LogP contribution is 2.33. The number of carbonyl (C=O) groups is 3. The summed E-state index contributed by atoms with van der Waals surface area (Å²) in [7, 11) is -2.18. The van der Waals surface area contributed by atoms with Crippen molar-refractivity contribution in [1.82, 2.24) is 14.5 Å². The van der Waals surface area contributed by atoms with Crippen molar-refractivity contribution in [3.05, 3.63) is 60.2 Å². The molecule has 35 heavy (non-hydrogen) atoms. The molecule has 0 atom stereocenters. The monoisotopic (exact) mass is 498 g/mol. The van der Waals surface area contributed by atoms with E-state index in [-0.39, 0.29) is 36.2 Å². The van der Waals surface area contributed by atoms with Crippen LogP contribution in [0.1, 0.15) is 44.1 Å². The van der Waals surface area contributed by atoms with Gasteiger partial charge in [0.2, 0.25) is 15.9 Å². The van der Waals surface area contributed by atoms with Crippen LogP contribution in [0, 0.1) is 0 Å². The molecular weight excluding hydrogens is 468 g/mol. The number of benzene rings is 2. The number of nitrogens with one attached hydrogen (secondary N) is 2. The first kappa shape index (κ1) is 24.9. The lowest BCUT2D eigenvalue weighted by atomic mass is 9.82. The Morgan fingerprint density at radius 3 is 2.34 bits per heavy atom. The number of nitrogens with zero attached hydrogens (tertiary/aromatic N) is 2. The van der Waals surface area contributed by atoms with E-state index >= 15 is 0 Å². The van der Waals surface area contributed by atoms with Gasteiger partial charge in [0.05, 0.1) is 4.90 Å². The molecule has 0 bridgehead atoms. The summed E-state index contributed by atoms with van der Waals surface area (Å²) in [6.07, 6.45) is 4.07. The number of carbonyl (C=O) groups excluding carboxylic acids is 3. The number of hydrogen-bond acceptors (Lipinski definition) is 5. The van der Waals surface area contributed by atoms with Crippen molar-refractivity contribution in [1.29, 1.82) is 0 Å². The minimum Gasteiger partial charge on any atom is -0.326 e. The van der Waals surface area contributed by atoms with Gasteiger partial charge in [0.25, 0.3) is 5.91 Å². The molecule has 2 aliphatic rings. The van der Waals surface area contributed by atoms with Gasteiger partial charge in [-0.05, 0) is 42.7 Å². The van der Waals surface area contributed by atoms with E-state index in [1.807, 2.05) is 30.3 Å². The molecule has 2 aromatic rings. The fourth-order valence-electron chi connectivity index (χ4n) is 4.63. The van der Waals surface area contributed by atoms with Gasteiger partial charge >= 0.3 is 6.03 Å². The van der Waals surface area contributed by atoms with Crippen LogP contribution < -0.4 is 10.6 Å². The van der Waals surface area contributed by atoms with Crippen LogP contribution in [0.15, 0.2) is 59.5 Å². The van der Waals surface area contributed by atoms with Crippen LogP contribution >= 0.6 is 0 Å². The van der Waals surface area contributed by atoms with Gasteiger partial charge in [-0.2, -0.15) is 4.31 Å². The molecule has 1 aliphatic heterocycles. The van der Waals surface area contributed by atoms with Crippen LogP contribution in [0.2, 0.25) is 0 Å². The Bertz CT molecular complexity index is 1190. The zero-order valence-electron chi connectivity index (χ0n) is 19.7. The topological polar surface area (TPSA) is 116 Å². The molecule has 2 fully saturated rings. The molecule has 0 unspecified atom stereocenters. The van der Waals surface area contributed by atoms with Crippen molar-refractivity contribution in [2.45, 2.75) is 55.5 Å². The molecule has 4 rings (SSSR count). The first-order chi connectivity index (χ1) is 16.7. The molecule has 4 amide bonds. The molecule has 0 radical (unpaired) electrons. The smallest absolute Gasteiger partial charge is 0.325 e. The average Bonchev–Trinajstić information content (AvgIpc) is 3.07. The quantitative estimate of drug-likeness (QED) is 0.543. The van der Waals surface area contributed by atoms with E-state index in [2.05, 4.69) is 10.6 Å². The van der Waals surface area contributed by atoms with Crippen LogP contribution in [0.25, 0.3) is 0 Å². The second-order valence-corrected chi connectivity index (χ2v) is 11.1. The van der Waals surface area contributed by atoms with Crippen molar-refractivity contribution < 1.29 is 22.8 Å². The van der Waals surface area contributed by atoms with Crippen molar-refractivity contribution >= 4 is 33.6 Å². The SMILES string of the molecule is CN(Cc1ccccc1)S(=O)(=O)c1ccc(NC(=O)CCN2C(=O)NC3(CCCCC3)C2=O)cc1. The molecule has 9 nitrogen and oxygen atoms in total. The standard InChI is InChI=1S/C25H30N4O5S/c1-28(18-19-8-4-2-5-9-19)35(33,34)21-12-10-20(11-13-21)26-22(30)14-17-29-23(31)25(27-24(29)32)15-6-3-7-16-25/h2,4-5,8-13H,3,6-7,14-18H2,1H3,(H,26,30)(H,27,32). The van der Waals surface area contributed by atoms with Crippen molar-refractivity contribution in [2.24, 2.45) is 0 Å². The van der Waals surface area contributed by atoms with E-state index in [4.69, 9.17) is 0 Å². The van der Waals surface area contributed by atoms with Gasteiger partial charge in [0.15, 0.2) is 0 Å². The number of amides is 4. The maximum absolute atomic E-state index is 12.9. The number of anilines is 1. The molecule has 10 heteroatoms. The lowest BCUT2D eigenvalue weighted by molar-refractivity contribution is -0.132. The molecule has 1 aliphatic carbocycles. The Labute approximate surface area is 205 Å². The molecule has 0 aromatic heterocycles. The third kappa shape index (κ3) is 5.38. The van der Waals surface area contributed by atoms with E-state index in [1.165, 1.54) is 35.6 Å². The average molecular weight is 499 g/mol. The van der Waals surface area contributed by atoms with E-state index in [1.54, 1.807) is 0 Å². The van der Waals surface area contributed by atoms with Gasteiger partial charge in [-0.25, -0.2) is 13.2 Å². The van der Waals surface area contributed by atoms with Crippen molar-refractivity contribution in [3.8, 4) is 0 Å². The summed E-state index contributed by atoms with van der Waals surface area (Å²) >= 11 is 0. The molecule has 1 spiro atoms. The van der Waals surface area contributed by atoms with Gasteiger partial charge < -0.3 is 10.6 Å². The summed E-state index contributed by atoms with van der Waals surface area (Å²) in [5.74, 6) is -0.615. The lowest BCUT2D eigenvalue weighted by Gasteiger charge is -2.30. The molecule has 1 saturated heterocycles. The second kappa shape index (κ2) is 10.2. The Morgan fingerprint density at radius 2 is 1.69 bits per heavy atom. The summed E-state index contributed by atoms with van der Waals surface area (Å²) in [6.45, 7) is 0.237. The van der Waals surface area contributed by atoms with Crippen LogP contribution in [0.5, 0.6) is 0 Å². The molecule has 2 N–H and O–H groups in total. The second-order valence-electron chi connectivity index (χ2n) is 9.10. The maximum Gasteiger partial charge on any atom is 0.325 e. The van der Waals surface area contributed by atoms with Gasteiger partial charge in [0, 0.05) is 32.2 Å². The van der Waals surface area contributed by atoms with Crippen molar-refractivity contribution in [2.75, 3.05) is 18.9 Å². The van der Waals surface area contributed by atoms with Crippen molar-refractivity contribution in [3.63, 3.8) is 0 Å². The molecule has 1 heterocycles. The van der Waals surface area contributed by atoms with E-state index < -0.39 is 21.6 Å². The predicted octanol–water partition coefficient (Wildman–Crippen LogP) is 3.09.